The molecule has 0 bridgehead atoms. The van der Waals surface area contributed by atoms with Crippen molar-refractivity contribution in [2.24, 2.45) is 0 Å². The van der Waals surface area contributed by atoms with Crippen LogP contribution < -0.4 is 10.2 Å². The van der Waals surface area contributed by atoms with Crippen molar-refractivity contribution in [3.8, 4) is 11.5 Å². The topological polar surface area (TPSA) is 101 Å². The Morgan fingerprint density at radius 3 is 2.89 bits per heavy atom. The van der Waals surface area contributed by atoms with Crippen molar-refractivity contribution in [3.63, 3.8) is 0 Å². The summed E-state index contributed by atoms with van der Waals surface area (Å²) in [5, 5.41) is 10.5. The lowest BCUT2D eigenvalue weighted by Gasteiger charge is -2.30. The molecule has 8 nitrogen and oxygen atoms in total. The maximum Gasteiger partial charge on any atom is 0.277 e. The number of anilines is 2. The van der Waals surface area contributed by atoms with Crippen molar-refractivity contribution < 1.29 is 18.4 Å². The molecule has 0 spiro atoms. The third kappa shape index (κ3) is 3.33. The Bertz CT molecular complexity index is 1010. The number of carbonyl (C=O) groups is 2. The molecule has 3 heterocycles. The zero-order chi connectivity index (χ0) is 19.0. The first-order valence-corrected chi connectivity index (χ1v) is 9.16. The SMILES string of the molecule is Cc1occc1-c1nnc(S[C@H](C)C(=O)N2CC(=O)Nc3ccccc32)o1. The first kappa shape index (κ1) is 17.3. The Balaban J connectivity index is 1.51. The van der Waals surface area contributed by atoms with E-state index in [1.165, 1.54) is 4.90 Å². The molecule has 0 fully saturated rings. The number of rotatable bonds is 4. The van der Waals surface area contributed by atoms with E-state index in [9.17, 15) is 9.59 Å². The van der Waals surface area contributed by atoms with Crippen LogP contribution in [0.25, 0.3) is 11.5 Å². The van der Waals surface area contributed by atoms with Gasteiger partial charge in [-0.05, 0) is 32.0 Å². The van der Waals surface area contributed by atoms with Crippen molar-refractivity contribution in [2.75, 3.05) is 16.8 Å². The minimum Gasteiger partial charge on any atom is -0.469 e. The molecule has 0 radical (unpaired) electrons. The Kier molecular flexibility index (Phi) is 4.44. The van der Waals surface area contributed by atoms with E-state index in [0.717, 1.165) is 17.3 Å². The number of benzene rings is 1. The molecule has 2 amide bonds. The number of carbonyl (C=O) groups excluding carboxylic acids is 2. The highest BCUT2D eigenvalue weighted by Crippen LogP contribution is 2.33. The van der Waals surface area contributed by atoms with Gasteiger partial charge in [-0.1, -0.05) is 23.9 Å². The molecule has 27 heavy (non-hydrogen) atoms. The first-order valence-electron chi connectivity index (χ1n) is 8.28. The predicted molar refractivity (Wildman–Crippen MR) is 99.5 cm³/mol. The lowest BCUT2D eigenvalue weighted by atomic mass is 10.2. The molecular formula is C18H16N4O4S. The van der Waals surface area contributed by atoms with E-state index in [1.54, 1.807) is 38.3 Å². The van der Waals surface area contributed by atoms with E-state index in [-0.39, 0.29) is 23.6 Å². The number of para-hydroxylation sites is 2. The molecule has 1 atom stereocenters. The Morgan fingerprint density at radius 1 is 1.30 bits per heavy atom. The second kappa shape index (κ2) is 6.92. The Morgan fingerprint density at radius 2 is 2.11 bits per heavy atom. The maximum atomic E-state index is 12.9. The molecule has 1 N–H and O–H groups in total. The van der Waals surface area contributed by atoms with E-state index in [1.807, 2.05) is 12.1 Å². The number of aryl methyl sites for hydroxylation is 1. The Labute approximate surface area is 158 Å². The minimum absolute atomic E-state index is 0.0238. The number of furan rings is 1. The van der Waals surface area contributed by atoms with Gasteiger partial charge in [-0.2, -0.15) is 0 Å². The second-order valence-electron chi connectivity index (χ2n) is 6.01. The van der Waals surface area contributed by atoms with Crippen LogP contribution in [0.2, 0.25) is 0 Å². The number of aromatic nitrogens is 2. The zero-order valence-corrected chi connectivity index (χ0v) is 15.4. The summed E-state index contributed by atoms with van der Waals surface area (Å²) in [6.07, 6.45) is 1.55. The van der Waals surface area contributed by atoms with Crippen LogP contribution in [-0.2, 0) is 9.59 Å². The summed E-state index contributed by atoms with van der Waals surface area (Å²) in [5.41, 5.74) is 2.01. The molecule has 2 aromatic heterocycles. The van der Waals surface area contributed by atoms with Crippen molar-refractivity contribution in [1.82, 2.24) is 10.2 Å². The van der Waals surface area contributed by atoms with Crippen LogP contribution >= 0.6 is 11.8 Å². The van der Waals surface area contributed by atoms with E-state index >= 15 is 0 Å². The fraction of sp³-hybridized carbons (Fsp3) is 0.222. The van der Waals surface area contributed by atoms with Crippen LogP contribution in [0.15, 0.2) is 50.7 Å². The fourth-order valence-electron chi connectivity index (χ4n) is 2.82. The van der Waals surface area contributed by atoms with Gasteiger partial charge < -0.3 is 14.2 Å². The molecular weight excluding hydrogens is 368 g/mol. The summed E-state index contributed by atoms with van der Waals surface area (Å²) in [7, 11) is 0. The molecule has 0 unspecified atom stereocenters. The lowest BCUT2D eigenvalue weighted by molar-refractivity contribution is -0.121. The van der Waals surface area contributed by atoms with Crippen LogP contribution in [0.4, 0.5) is 11.4 Å². The van der Waals surface area contributed by atoms with Gasteiger partial charge in [0.15, 0.2) is 0 Å². The molecule has 1 aromatic carbocycles. The number of amides is 2. The average Bonchev–Trinajstić information content (AvgIpc) is 3.28. The van der Waals surface area contributed by atoms with Gasteiger partial charge in [0.05, 0.1) is 28.5 Å². The highest BCUT2D eigenvalue weighted by molar-refractivity contribution is 8.00. The van der Waals surface area contributed by atoms with Crippen molar-refractivity contribution in [1.29, 1.82) is 0 Å². The number of fused-ring (bicyclic) bond motifs is 1. The number of hydrogen-bond acceptors (Lipinski definition) is 7. The summed E-state index contributed by atoms with van der Waals surface area (Å²) in [6, 6.07) is 8.95. The second-order valence-corrected chi connectivity index (χ2v) is 7.31. The summed E-state index contributed by atoms with van der Waals surface area (Å²) < 4.78 is 10.9. The van der Waals surface area contributed by atoms with Gasteiger partial charge in [-0.15, -0.1) is 10.2 Å². The summed E-state index contributed by atoms with van der Waals surface area (Å²) in [4.78, 5) is 26.3. The van der Waals surface area contributed by atoms with Crippen LogP contribution in [-0.4, -0.2) is 33.8 Å². The van der Waals surface area contributed by atoms with Gasteiger partial charge in [0, 0.05) is 0 Å². The quantitative estimate of drug-likeness (QED) is 0.690. The normalized spacial score (nSPS) is 14.6. The van der Waals surface area contributed by atoms with Gasteiger partial charge in [0.1, 0.15) is 12.3 Å². The number of nitrogens with one attached hydrogen (secondary N) is 1. The maximum absolute atomic E-state index is 12.9. The van der Waals surface area contributed by atoms with Gasteiger partial charge in [-0.3, -0.25) is 14.5 Å². The van der Waals surface area contributed by atoms with Gasteiger partial charge >= 0.3 is 0 Å². The molecule has 3 aromatic rings. The highest BCUT2D eigenvalue weighted by atomic mass is 32.2. The van der Waals surface area contributed by atoms with E-state index in [4.69, 9.17) is 8.83 Å². The molecule has 0 saturated carbocycles. The molecule has 1 aliphatic rings. The van der Waals surface area contributed by atoms with Crippen molar-refractivity contribution >= 4 is 35.0 Å². The lowest BCUT2D eigenvalue weighted by Crippen LogP contribution is -2.45. The standard InChI is InChI=1S/C18H16N4O4S/c1-10-12(7-8-25-10)16-20-21-18(26-16)27-11(2)17(24)22-9-15(23)19-13-5-3-4-6-14(13)22/h3-8,11H,9H2,1-2H3,(H,19,23)/t11-/m1/s1. The Hall–Kier alpha value is -3.07. The van der Waals surface area contributed by atoms with Crippen LogP contribution in [0.5, 0.6) is 0 Å². The van der Waals surface area contributed by atoms with Crippen LogP contribution in [0, 0.1) is 6.92 Å². The highest BCUT2D eigenvalue weighted by Gasteiger charge is 2.31. The predicted octanol–water partition coefficient (Wildman–Crippen LogP) is 3.10. The molecule has 138 valence electrons. The third-order valence-corrected chi connectivity index (χ3v) is 5.08. The van der Waals surface area contributed by atoms with Crippen molar-refractivity contribution in [3.05, 3.63) is 42.4 Å². The molecule has 4 rings (SSSR count). The summed E-state index contributed by atoms with van der Waals surface area (Å²) in [5.74, 6) is 0.581. The van der Waals surface area contributed by atoms with Crippen molar-refractivity contribution in [2.45, 2.75) is 24.3 Å². The van der Waals surface area contributed by atoms with Gasteiger partial charge in [-0.25, -0.2) is 0 Å². The number of thioether (sulfide) groups is 1. The van der Waals surface area contributed by atoms with Crippen LogP contribution in [0.1, 0.15) is 12.7 Å². The van der Waals surface area contributed by atoms with Crippen LogP contribution in [0.3, 0.4) is 0 Å². The smallest absolute Gasteiger partial charge is 0.277 e. The fourth-order valence-corrected chi connectivity index (χ4v) is 3.57. The zero-order valence-electron chi connectivity index (χ0n) is 14.6. The molecule has 1 aliphatic heterocycles. The number of hydrogen-bond donors (Lipinski definition) is 1. The monoisotopic (exact) mass is 384 g/mol. The van der Waals surface area contributed by atoms with E-state index in [0.29, 0.717) is 23.0 Å². The summed E-state index contributed by atoms with van der Waals surface area (Å²) in [6.45, 7) is 3.52. The largest absolute Gasteiger partial charge is 0.469 e. The molecule has 0 saturated heterocycles. The first-order chi connectivity index (χ1) is 13.0. The van der Waals surface area contributed by atoms with E-state index in [2.05, 4.69) is 15.5 Å². The average molecular weight is 384 g/mol. The minimum atomic E-state index is -0.511. The number of nitrogens with zero attached hydrogens (tertiary/aromatic N) is 3. The van der Waals surface area contributed by atoms with E-state index < -0.39 is 5.25 Å². The van der Waals surface area contributed by atoms with Gasteiger partial charge in [0.25, 0.3) is 11.1 Å². The summed E-state index contributed by atoms with van der Waals surface area (Å²) >= 11 is 1.15. The molecule has 0 aliphatic carbocycles. The third-order valence-electron chi connectivity index (χ3n) is 4.16. The molecule has 9 heteroatoms. The van der Waals surface area contributed by atoms with Gasteiger partial charge in [0.2, 0.25) is 11.8 Å².